The Morgan fingerprint density at radius 1 is 0.966 bits per heavy atom. The third kappa shape index (κ3) is 5.10. The minimum atomic E-state index is -0.0291. The van der Waals surface area contributed by atoms with Crippen LogP contribution >= 0.6 is 0 Å². The number of carbonyl (C=O) groups is 1. The number of nitrogens with zero attached hydrogens (tertiary/aromatic N) is 3. The van der Waals surface area contributed by atoms with Crippen LogP contribution in [0.25, 0.3) is 0 Å². The second-order valence-corrected chi connectivity index (χ2v) is 7.27. The van der Waals surface area contributed by atoms with Crippen LogP contribution < -0.4 is 15.5 Å². The number of nitrogens with one attached hydrogen (secondary N) is 2. The van der Waals surface area contributed by atoms with Gasteiger partial charge in [0.1, 0.15) is 17.5 Å². The van der Waals surface area contributed by atoms with Crippen LogP contribution in [0.15, 0.2) is 60.7 Å². The topological polar surface area (TPSA) is 70.2 Å². The lowest BCUT2D eigenvalue weighted by molar-refractivity contribution is -0.115. The molecule has 1 fully saturated rings. The molecule has 0 saturated carbocycles. The maximum absolute atomic E-state index is 12.2. The van der Waals surface area contributed by atoms with E-state index < -0.39 is 0 Å². The lowest BCUT2D eigenvalue weighted by atomic mass is 10.1. The number of rotatable bonds is 6. The zero-order chi connectivity index (χ0) is 20.1. The smallest absolute Gasteiger partial charge is 0.228 e. The third-order valence-corrected chi connectivity index (χ3v) is 4.90. The average molecular weight is 387 g/mol. The Morgan fingerprint density at radius 2 is 1.66 bits per heavy atom. The summed E-state index contributed by atoms with van der Waals surface area (Å²) in [5, 5.41) is 6.28. The van der Waals surface area contributed by atoms with E-state index in [9.17, 15) is 4.79 Å². The molecule has 0 atom stereocenters. The molecule has 2 aromatic carbocycles. The van der Waals surface area contributed by atoms with Crippen LogP contribution in [-0.2, 0) is 11.2 Å². The zero-order valence-electron chi connectivity index (χ0n) is 16.6. The van der Waals surface area contributed by atoms with E-state index in [0.29, 0.717) is 6.42 Å². The molecule has 0 aliphatic carbocycles. The molecule has 1 aromatic heterocycles. The minimum absolute atomic E-state index is 0.0291. The lowest BCUT2D eigenvalue weighted by Gasteiger charge is -2.18. The lowest BCUT2D eigenvalue weighted by Crippen LogP contribution is -2.19. The fourth-order valence-electron chi connectivity index (χ4n) is 3.50. The molecule has 0 radical (unpaired) electrons. The quantitative estimate of drug-likeness (QED) is 0.660. The van der Waals surface area contributed by atoms with Gasteiger partial charge in [-0.1, -0.05) is 30.3 Å². The predicted octanol–water partition coefficient (Wildman–Crippen LogP) is 4.31. The Labute approximate surface area is 171 Å². The molecule has 2 heterocycles. The number of benzene rings is 2. The van der Waals surface area contributed by atoms with Crippen molar-refractivity contribution in [3.8, 4) is 0 Å². The van der Waals surface area contributed by atoms with E-state index >= 15 is 0 Å². The average Bonchev–Trinajstić information content (AvgIpc) is 3.25. The molecule has 6 heteroatoms. The van der Waals surface area contributed by atoms with Gasteiger partial charge in [-0.05, 0) is 49.6 Å². The fraction of sp³-hybridized carbons (Fsp3) is 0.261. The molecule has 1 amide bonds. The molecule has 1 aliphatic heterocycles. The molecule has 6 nitrogen and oxygen atoms in total. The predicted molar refractivity (Wildman–Crippen MR) is 117 cm³/mol. The Hall–Kier alpha value is -3.41. The Kier molecular flexibility index (Phi) is 5.70. The normalized spacial score (nSPS) is 13.3. The van der Waals surface area contributed by atoms with Crippen LogP contribution in [0, 0.1) is 6.92 Å². The second-order valence-electron chi connectivity index (χ2n) is 7.27. The maximum atomic E-state index is 12.2. The number of hydrogen-bond acceptors (Lipinski definition) is 5. The van der Waals surface area contributed by atoms with Gasteiger partial charge in [0.15, 0.2) is 0 Å². The summed E-state index contributed by atoms with van der Waals surface area (Å²) in [6, 6.07) is 19.4. The molecule has 0 spiro atoms. The van der Waals surface area contributed by atoms with Crippen LogP contribution in [-0.4, -0.2) is 29.0 Å². The van der Waals surface area contributed by atoms with Gasteiger partial charge >= 0.3 is 0 Å². The van der Waals surface area contributed by atoms with E-state index in [1.54, 1.807) is 0 Å². The maximum Gasteiger partial charge on any atom is 0.228 e. The number of aromatic nitrogens is 2. The van der Waals surface area contributed by atoms with Crippen molar-refractivity contribution in [1.29, 1.82) is 0 Å². The first-order valence-corrected chi connectivity index (χ1v) is 9.97. The Morgan fingerprint density at radius 3 is 2.38 bits per heavy atom. The molecule has 148 valence electrons. The van der Waals surface area contributed by atoms with Gasteiger partial charge in [-0.3, -0.25) is 4.79 Å². The third-order valence-electron chi connectivity index (χ3n) is 4.90. The molecule has 29 heavy (non-hydrogen) atoms. The SMILES string of the molecule is Cc1nc(Nc2ccc(NC(=O)Cc3ccccc3)cc2)cc(N2CCCC2)n1. The number of hydrogen-bond donors (Lipinski definition) is 2. The standard InChI is InChI=1S/C23H25N5O/c1-17-24-21(16-22(25-17)28-13-5-6-14-28)26-19-9-11-20(12-10-19)27-23(29)15-18-7-3-2-4-8-18/h2-4,7-12,16H,5-6,13-15H2,1H3,(H,27,29)(H,24,25,26). The van der Waals surface area contributed by atoms with Crippen molar-refractivity contribution >= 4 is 28.9 Å². The number of aryl methyl sites for hydroxylation is 1. The van der Waals surface area contributed by atoms with Crippen molar-refractivity contribution in [2.45, 2.75) is 26.2 Å². The van der Waals surface area contributed by atoms with E-state index in [1.165, 1.54) is 12.8 Å². The molecular formula is C23H25N5O. The van der Waals surface area contributed by atoms with Crippen molar-refractivity contribution in [1.82, 2.24) is 9.97 Å². The molecule has 2 N–H and O–H groups in total. The summed E-state index contributed by atoms with van der Waals surface area (Å²) in [6.45, 7) is 4.01. The van der Waals surface area contributed by atoms with Gasteiger partial charge in [-0.25, -0.2) is 9.97 Å². The fourth-order valence-corrected chi connectivity index (χ4v) is 3.50. The number of amides is 1. The van der Waals surface area contributed by atoms with E-state index in [4.69, 9.17) is 0 Å². The molecule has 0 unspecified atom stereocenters. The molecular weight excluding hydrogens is 362 g/mol. The van der Waals surface area contributed by atoms with E-state index in [2.05, 4.69) is 25.5 Å². The van der Waals surface area contributed by atoms with Crippen molar-refractivity contribution < 1.29 is 4.79 Å². The minimum Gasteiger partial charge on any atom is -0.356 e. The van der Waals surface area contributed by atoms with Crippen LogP contribution in [0.1, 0.15) is 24.2 Å². The second kappa shape index (κ2) is 8.73. The Balaban J connectivity index is 1.39. The van der Waals surface area contributed by atoms with Gasteiger partial charge in [-0.15, -0.1) is 0 Å². The van der Waals surface area contributed by atoms with Crippen molar-refractivity contribution in [3.05, 3.63) is 72.1 Å². The zero-order valence-corrected chi connectivity index (χ0v) is 16.6. The van der Waals surface area contributed by atoms with Gasteiger partial charge in [0.2, 0.25) is 5.91 Å². The van der Waals surface area contributed by atoms with Crippen LogP contribution in [0.2, 0.25) is 0 Å². The summed E-state index contributed by atoms with van der Waals surface area (Å²) in [5.41, 5.74) is 2.68. The van der Waals surface area contributed by atoms with E-state index in [1.807, 2.05) is 67.6 Å². The monoisotopic (exact) mass is 387 g/mol. The highest BCUT2D eigenvalue weighted by molar-refractivity contribution is 5.92. The van der Waals surface area contributed by atoms with Gasteiger partial charge in [0.05, 0.1) is 6.42 Å². The Bertz CT molecular complexity index is 966. The van der Waals surface area contributed by atoms with E-state index in [-0.39, 0.29) is 5.91 Å². The molecule has 1 aliphatic rings. The van der Waals surface area contributed by atoms with Gasteiger partial charge in [-0.2, -0.15) is 0 Å². The molecule has 3 aromatic rings. The van der Waals surface area contributed by atoms with Crippen molar-refractivity contribution in [2.75, 3.05) is 28.6 Å². The summed E-state index contributed by atoms with van der Waals surface area (Å²) in [5.74, 6) is 2.47. The molecule has 4 rings (SSSR count). The number of carbonyl (C=O) groups excluding carboxylic acids is 1. The summed E-state index contributed by atoms with van der Waals surface area (Å²) < 4.78 is 0. The largest absolute Gasteiger partial charge is 0.356 e. The summed E-state index contributed by atoms with van der Waals surface area (Å²) in [6.07, 6.45) is 2.78. The van der Waals surface area contributed by atoms with Crippen molar-refractivity contribution in [3.63, 3.8) is 0 Å². The summed E-state index contributed by atoms with van der Waals surface area (Å²) in [7, 11) is 0. The van der Waals surface area contributed by atoms with Crippen LogP contribution in [0.3, 0.4) is 0 Å². The van der Waals surface area contributed by atoms with Crippen LogP contribution in [0.4, 0.5) is 23.0 Å². The van der Waals surface area contributed by atoms with Crippen LogP contribution in [0.5, 0.6) is 0 Å². The first-order chi connectivity index (χ1) is 14.2. The molecule has 1 saturated heterocycles. The van der Waals surface area contributed by atoms with Crippen molar-refractivity contribution in [2.24, 2.45) is 0 Å². The first kappa shape index (κ1) is 18.9. The number of anilines is 4. The summed E-state index contributed by atoms with van der Waals surface area (Å²) in [4.78, 5) is 23.6. The first-order valence-electron chi connectivity index (χ1n) is 9.97. The highest BCUT2D eigenvalue weighted by Gasteiger charge is 2.15. The molecule has 0 bridgehead atoms. The highest BCUT2D eigenvalue weighted by atomic mass is 16.1. The van der Waals surface area contributed by atoms with Gasteiger partial charge < -0.3 is 15.5 Å². The highest BCUT2D eigenvalue weighted by Crippen LogP contribution is 2.23. The summed E-state index contributed by atoms with van der Waals surface area (Å²) >= 11 is 0. The van der Waals surface area contributed by atoms with E-state index in [0.717, 1.165) is 47.5 Å². The van der Waals surface area contributed by atoms with Gasteiger partial charge in [0.25, 0.3) is 0 Å². The van der Waals surface area contributed by atoms with Gasteiger partial charge in [0, 0.05) is 30.5 Å².